The van der Waals surface area contributed by atoms with Crippen LogP contribution in [0.4, 0.5) is 5.88 Å². The van der Waals surface area contributed by atoms with Crippen molar-refractivity contribution in [2.75, 3.05) is 18.9 Å². The van der Waals surface area contributed by atoms with E-state index in [0.29, 0.717) is 12.5 Å². The summed E-state index contributed by atoms with van der Waals surface area (Å²) in [5, 5.41) is 3.68. The minimum Gasteiger partial charge on any atom is -0.488 e. The van der Waals surface area contributed by atoms with Gasteiger partial charge in [0.1, 0.15) is 11.9 Å². The van der Waals surface area contributed by atoms with Gasteiger partial charge in [-0.2, -0.15) is 0 Å². The van der Waals surface area contributed by atoms with Crippen LogP contribution in [0.5, 0.6) is 5.75 Å². The van der Waals surface area contributed by atoms with Gasteiger partial charge >= 0.3 is 0 Å². The molecule has 1 fully saturated rings. The van der Waals surface area contributed by atoms with E-state index in [4.69, 9.17) is 19.7 Å². The highest BCUT2D eigenvalue weighted by atomic mass is 16.5. The molecule has 1 aliphatic heterocycles. The lowest BCUT2D eigenvalue weighted by molar-refractivity contribution is 0.00745. The highest BCUT2D eigenvalue weighted by Crippen LogP contribution is 2.29. The molecule has 0 amide bonds. The van der Waals surface area contributed by atoms with Gasteiger partial charge in [-0.05, 0) is 30.5 Å². The monoisotopic (exact) mass is 260 g/mol. The number of nitrogen functional groups attached to an aromatic ring is 1. The molecule has 0 spiro atoms. The number of aromatic nitrogens is 1. The maximum Gasteiger partial charge on any atom is 0.229 e. The number of ether oxygens (including phenoxy) is 2. The van der Waals surface area contributed by atoms with Crippen molar-refractivity contribution >= 4 is 5.88 Å². The van der Waals surface area contributed by atoms with Crippen LogP contribution in [0.2, 0.25) is 0 Å². The molecule has 100 valence electrons. The third-order valence-corrected chi connectivity index (χ3v) is 3.16. The lowest BCUT2D eigenvalue weighted by Gasteiger charge is -2.23. The van der Waals surface area contributed by atoms with E-state index in [2.05, 4.69) is 5.16 Å². The van der Waals surface area contributed by atoms with Gasteiger partial charge in [0.25, 0.3) is 0 Å². The number of rotatable bonds is 3. The third kappa shape index (κ3) is 2.71. The van der Waals surface area contributed by atoms with Crippen LogP contribution in [0.3, 0.4) is 0 Å². The molecular weight excluding hydrogens is 244 g/mol. The number of hydrogen-bond donors (Lipinski definition) is 1. The molecule has 0 radical (unpaired) electrons. The molecular formula is C14H16N2O3. The highest BCUT2D eigenvalue weighted by molar-refractivity contribution is 5.72. The molecule has 1 unspecified atom stereocenters. The van der Waals surface area contributed by atoms with Crippen LogP contribution < -0.4 is 10.5 Å². The maximum atomic E-state index is 5.92. The molecule has 0 aliphatic carbocycles. The molecule has 19 heavy (non-hydrogen) atoms. The van der Waals surface area contributed by atoms with Crippen LogP contribution in [0, 0.1) is 0 Å². The molecule has 1 aromatic carbocycles. The minimum atomic E-state index is 0.129. The first kappa shape index (κ1) is 12.0. The van der Waals surface area contributed by atoms with Crippen molar-refractivity contribution in [1.82, 2.24) is 5.16 Å². The first-order valence-electron chi connectivity index (χ1n) is 6.38. The van der Waals surface area contributed by atoms with Gasteiger partial charge in [-0.15, -0.1) is 0 Å². The first-order chi connectivity index (χ1) is 9.33. The summed E-state index contributed by atoms with van der Waals surface area (Å²) in [7, 11) is 0. The van der Waals surface area contributed by atoms with E-state index < -0.39 is 0 Å². The predicted molar refractivity (Wildman–Crippen MR) is 70.8 cm³/mol. The third-order valence-electron chi connectivity index (χ3n) is 3.16. The summed E-state index contributed by atoms with van der Waals surface area (Å²) < 4.78 is 16.2. The highest BCUT2D eigenvalue weighted by Gasteiger charge is 2.16. The second kappa shape index (κ2) is 5.32. The van der Waals surface area contributed by atoms with Gasteiger partial charge in [0.05, 0.1) is 18.4 Å². The zero-order chi connectivity index (χ0) is 13.1. The van der Waals surface area contributed by atoms with Crippen LogP contribution in [0.25, 0.3) is 11.1 Å². The molecule has 3 rings (SSSR count). The average Bonchev–Trinajstić information content (AvgIpc) is 2.86. The van der Waals surface area contributed by atoms with E-state index in [1.54, 1.807) is 6.20 Å². The molecule has 2 heterocycles. The second-order valence-electron chi connectivity index (χ2n) is 4.59. The van der Waals surface area contributed by atoms with E-state index in [1.807, 2.05) is 24.3 Å². The molecule has 5 heteroatoms. The smallest absolute Gasteiger partial charge is 0.229 e. The van der Waals surface area contributed by atoms with Gasteiger partial charge in [-0.1, -0.05) is 17.3 Å². The number of hydrogen-bond acceptors (Lipinski definition) is 5. The van der Waals surface area contributed by atoms with Crippen molar-refractivity contribution in [1.29, 1.82) is 0 Å². The Morgan fingerprint density at radius 3 is 3.05 bits per heavy atom. The minimum absolute atomic E-state index is 0.129. The lowest BCUT2D eigenvalue weighted by Crippen LogP contribution is -2.27. The van der Waals surface area contributed by atoms with Crippen molar-refractivity contribution in [2.24, 2.45) is 0 Å². The number of anilines is 1. The molecule has 2 aromatic rings. The van der Waals surface area contributed by atoms with Gasteiger partial charge in [0.15, 0.2) is 0 Å². The average molecular weight is 260 g/mol. The molecule has 5 nitrogen and oxygen atoms in total. The van der Waals surface area contributed by atoms with Gasteiger partial charge in [-0.25, -0.2) is 0 Å². The summed E-state index contributed by atoms with van der Waals surface area (Å²) in [6.45, 7) is 1.48. The van der Waals surface area contributed by atoms with E-state index in [0.717, 1.165) is 36.3 Å². The Labute approximate surface area is 111 Å². The molecule has 0 bridgehead atoms. The summed E-state index contributed by atoms with van der Waals surface area (Å²) in [6.07, 6.45) is 3.81. The van der Waals surface area contributed by atoms with Crippen molar-refractivity contribution in [3.05, 3.63) is 30.5 Å². The fraction of sp³-hybridized carbons (Fsp3) is 0.357. The fourth-order valence-corrected chi connectivity index (χ4v) is 2.20. The Morgan fingerprint density at radius 1 is 1.37 bits per heavy atom. The van der Waals surface area contributed by atoms with Crippen molar-refractivity contribution in [3.8, 4) is 16.9 Å². The zero-order valence-corrected chi connectivity index (χ0v) is 10.5. The number of nitrogens with zero attached hydrogens (tertiary/aromatic N) is 1. The van der Waals surface area contributed by atoms with Crippen LogP contribution >= 0.6 is 0 Å². The van der Waals surface area contributed by atoms with Crippen molar-refractivity contribution in [3.63, 3.8) is 0 Å². The molecule has 0 saturated carbocycles. The fourth-order valence-electron chi connectivity index (χ4n) is 2.20. The number of nitrogens with two attached hydrogens (primary N) is 1. The largest absolute Gasteiger partial charge is 0.488 e. The van der Waals surface area contributed by atoms with Gasteiger partial charge in [-0.3, -0.25) is 0 Å². The Bertz CT molecular complexity index is 547. The van der Waals surface area contributed by atoms with Crippen LogP contribution in [-0.4, -0.2) is 24.5 Å². The van der Waals surface area contributed by atoms with Crippen LogP contribution in [0.1, 0.15) is 12.8 Å². The van der Waals surface area contributed by atoms with Crippen LogP contribution in [0.15, 0.2) is 35.0 Å². The Morgan fingerprint density at radius 2 is 2.32 bits per heavy atom. The van der Waals surface area contributed by atoms with Gasteiger partial charge < -0.3 is 19.7 Å². The van der Waals surface area contributed by atoms with Crippen LogP contribution in [-0.2, 0) is 4.74 Å². The molecule has 1 aromatic heterocycles. The molecule has 1 atom stereocenters. The summed E-state index contributed by atoms with van der Waals surface area (Å²) in [4.78, 5) is 0. The number of benzene rings is 1. The molecule has 1 saturated heterocycles. The van der Waals surface area contributed by atoms with E-state index in [-0.39, 0.29) is 6.10 Å². The summed E-state index contributed by atoms with van der Waals surface area (Å²) in [5.41, 5.74) is 7.44. The van der Waals surface area contributed by atoms with E-state index >= 15 is 0 Å². The second-order valence-corrected chi connectivity index (χ2v) is 4.59. The van der Waals surface area contributed by atoms with Gasteiger partial charge in [0.2, 0.25) is 5.88 Å². The lowest BCUT2D eigenvalue weighted by atomic mass is 10.1. The summed E-state index contributed by atoms with van der Waals surface area (Å²) in [6, 6.07) is 7.76. The maximum absolute atomic E-state index is 5.92. The van der Waals surface area contributed by atoms with E-state index in [1.165, 1.54) is 0 Å². The quantitative estimate of drug-likeness (QED) is 0.918. The zero-order valence-electron chi connectivity index (χ0n) is 10.5. The van der Waals surface area contributed by atoms with Crippen molar-refractivity contribution < 1.29 is 14.0 Å². The SMILES string of the molecule is Nc1oncc1-c1cccc(OC2CCCOC2)c1. The summed E-state index contributed by atoms with van der Waals surface area (Å²) >= 11 is 0. The Kier molecular flexibility index (Phi) is 3.37. The predicted octanol–water partition coefficient (Wildman–Crippen LogP) is 2.48. The van der Waals surface area contributed by atoms with Gasteiger partial charge in [0, 0.05) is 6.61 Å². The first-order valence-corrected chi connectivity index (χ1v) is 6.38. The molecule has 1 aliphatic rings. The normalized spacial score (nSPS) is 19.3. The summed E-state index contributed by atoms with van der Waals surface area (Å²) in [5.74, 6) is 1.13. The van der Waals surface area contributed by atoms with E-state index in [9.17, 15) is 0 Å². The Hall–Kier alpha value is -2.01. The standard InChI is InChI=1S/C14H16N2O3/c15-14-13(8-16-19-14)10-3-1-4-11(7-10)18-12-5-2-6-17-9-12/h1,3-4,7-8,12H,2,5-6,9,15H2. The Balaban J connectivity index is 1.78. The molecule has 2 N–H and O–H groups in total. The topological polar surface area (TPSA) is 70.5 Å². The van der Waals surface area contributed by atoms with Crippen molar-refractivity contribution in [2.45, 2.75) is 18.9 Å².